The molecule has 4 nitrogen and oxygen atoms in total. The first kappa shape index (κ1) is 23.6. The molecule has 0 aliphatic rings. The van der Waals surface area contributed by atoms with E-state index in [0.717, 1.165) is 24.0 Å². The minimum atomic E-state index is -0.261. The van der Waals surface area contributed by atoms with E-state index in [2.05, 4.69) is 111 Å². The Balaban J connectivity index is 1.30. The molecule has 6 rings (SSSR count). The van der Waals surface area contributed by atoms with Crippen molar-refractivity contribution in [3.8, 4) is 0 Å². The molecule has 5 heteroatoms. The number of esters is 1. The van der Waals surface area contributed by atoms with Crippen LogP contribution in [0.25, 0.3) is 32.3 Å². The summed E-state index contributed by atoms with van der Waals surface area (Å²) in [7, 11) is 0. The van der Waals surface area contributed by atoms with Gasteiger partial charge in [-0.15, -0.1) is 0 Å². The van der Waals surface area contributed by atoms with Crippen LogP contribution in [0.2, 0.25) is 0 Å². The van der Waals surface area contributed by atoms with Crippen molar-refractivity contribution in [2.75, 3.05) is 0 Å². The highest BCUT2D eigenvalue weighted by atomic mass is 79.9. The Hall–Kier alpha value is -3.83. The smallest absolute Gasteiger partial charge is 0.302 e. The topological polar surface area (TPSA) is 34.1 Å². The zero-order valence-electron chi connectivity index (χ0n) is 20.7. The van der Waals surface area contributed by atoms with Crippen molar-refractivity contribution >= 4 is 54.2 Å². The molecule has 0 aliphatic heterocycles. The molecule has 0 fully saturated rings. The molecule has 0 N–H and O–H groups in total. The molecule has 0 aliphatic carbocycles. The van der Waals surface area contributed by atoms with Crippen LogP contribution < -0.4 is 9.13 Å². The highest BCUT2D eigenvalue weighted by Crippen LogP contribution is 2.32. The van der Waals surface area contributed by atoms with E-state index in [-0.39, 0.29) is 5.97 Å². The maximum absolute atomic E-state index is 11.1. The lowest BCUT2D eigenvalue weighted by Crippen LogP contribution is -2.34. The molecular weight excluding hydrogens is 524 g/mol. The predicted molar refractivity (Wildman–Crippen MR) is 150 cm³/mol. The van der Waals surface area contributed by atoms with Crippen molar-refractivity contribution in [3.63, 3.8) is 0 Å². The van der Waals surface area contributed by atoms with Gasteiger partial charge in [0.25, 0.3) is 0 Å². The number of hydrogen-bond acceptors (Lipinski definition) is 2. The van der Waals surface area contributed by atoms with Gasteiger partial charge in [-0.3, -0.25) is 4.79 Å². The number of halogens is 1. The van der Waals surface area contributed by atoms with E-state index in [0.29, 0.717) is 6.61 Å². The predicted octanol–water partition coefficient (Wildman–Crippen LogP) is 6.21. The molecule has 6 aromatic rings. The summed E-state index contributed by atoms with van der Waals surface area (Å²) in [6.45, 7) is 3.37. The van der Waals surface area contributed by atoms with Crippen LogP contribution in [-0.4, -0.2) is 5.97 Å². The number of carbonyl (C=O) groups is 1. The number of aromatic nitrogens is 2. The SMILES string of the molecule is CC(=O)OCc1ccc(C[n+]2cc3ccc4c[n+](Cc5ccc(CBr)cc5)cc5ccc(c2)c3c45)cc1. The van der Waals surface area contributed by atoms with Crippen molar-refractivity contribution in [2.24, 2.45) is 0 Å². The van der Waals surface area contributed by atoms with Gasteiger partial charge in [-0.1, -0.05) is 64.5 Å². The monoisotopic (exact) mass is 550 g/mol. The normalized spacial score (nSPS) is 11.5. The Labute approximate surface area is 224 Å². The summed E-state index contributed by atoms with van der Waals surface area (Å²) >= 11 is 3.52. The summed E-state index contributed by atoms with van der Waals surface area (Å²) in [5.74, 6) is -0.261. The lowest BCUT2D eigenvalue weighted by Gasteiger charge is -2.10. The van der Waals surface area contributed by atoms with Crippen LogP contribution in [0.1, 0.15) is 29.2 Å². The van der Waals surface area contributed by atoms with Gasteiger partial charge >= 0.3 is 5.97 Å². The summed E-state index contributed by atoms with van der Waals surface area (Å²) in [5, 5.41) is 8.52. The Morgan fingerprint density at radius 2 is 1.00 bits per heavy atom. The van der Waals surface area contributed by atoms with Crippen LogP contribution in [0.4, 0.5) is 0 Å². The van der Waals surface area contributed by atoms with Crippen molar-refractivity contribution in [1.82, 2.24) is 0 Å². The van der Waals surface area contributed by atoms with Crippen molar-refractivity contribution in [2.45, 2.75) is 32.0 Å². The maximum Gasteiger partial charge on any atom is 0.302 e. The van der Waals surface area contributed by atoms with E-state index in [4.69, 9.17) is 4.74 Å². The molecule has 0 unspecified atom stereocenters. The molecule has 182 valence electrons. The average Bonchev–Trinajstić information content (AvgIpc) is 2.91. The molecule has 0 spiro atoms. The Bertz CT molecular complexity index is 1660. The van der Waals surface area contributed by atoms with E-state index in [1.165, 1.54) is 55.9 Å². The van der Waals surface area contributed by atoms with Crippen molar-refractivity contribution in [3.05, 3.63) is 120 Å². The highest BCUT2D eigenvalue weighted by Gasteiger charge is 2.17. The molecule has 0 saturated heterocycles. The second kappa shape index (κ2) is 9.91. The second-order valence-corrected chi connectivity index (χ2v) is 10.2. The van der Waals surface area contributed by atoms with Gasteiger partial charge in [0.1, 0.15) is 6.61 Å². The summed E-state index contributed by atoms with van der Waals surface area (Å²) < 4.78 is 9.63. The molecule has 0 saturated carbocycles. The molecule has 2 aromatic heterocycles. The van der Waals surface area contributed by atoms with Gasteiger partial charge in [-0.25, -0.2) is 0 Å². The van der Waals surface area contributed by atoms with Crippen LogP contribution in [0.15, 0.2) is 97.6 Å². The van der Waals surface area contributed by atoms with Crippen LogP contribution >= 0.6 is 15.9 Å². The van der Waals surface area contributed by atoms with Crippen LogP contribution in [0.5, 0.6) is 0 Å². The largest absolute Gasteiger partial charge is 0.461 e. The van der Waals surface area contributed by atoms with Gasteiger partial charge < -0.3 is 4.74 Å². The van der Waals surface area contributed by atoms with Crippen molar-refractivity contribution < 1.29 is 18.7 Å². The minimum absolute atomic E-state index is 0.261. The molecule has 37 heavy (non-hydrogen) atoms. The van der Waals surface area contributed by atoms with E-state index >= 15 is 0 Å². The third-order valence-corrected chi connectivity index (χ3v) is 7.53. The molecule has 0 radical (unpaired) electrons. The first-order chi connectivity index (χ1) is 18.1. The molecule has 0 atom stereocenters. The number of rotatable bonds is 7. The van der Waals surface area contributed by atoms with E-state index in [1.807, 2.05) is 12.1 Å². The highest BCUT2D eigenvalue weighted by molar-refractivity contribution is 9.08. The van der Waals surface area contributed by atoms with Crippen LogP contribution in [0.3, 0.4) is 0 Å². The minimum Gasteiger partial charge on any atom is -0.461 e. The van der Waals surface area contributed by atoms with E-state index in [9.17, 15) is 4.79 Å². The number of nitrogens with zero attached hydrogens (tertiary/aromatic N) is 2. The average molecular weight is 551 g/mol. The van der Waals surface area contributed by atoms with Crippen molar-refractivity contribution in [1.29, 1.82) is 0 Å². The summed E-state index contributed by atoms with van der Waals surface area (Å²) in [5.41, 5.74) is 4.78. The van der Waals surface area contributed by atoms with Gasteiger partial charge in [0.15, 0.2) is 37.9 Å². The van der Waals surface area contributed by atoms with Gasteiger partial charge in [-0.05, 0) is 35.4 Å². The molecular formula is C32H27BrN2O2+2. The van der Waals surface area contributed by atoms with Gasteiger partial charge in [0.05, 0.1) is 0 Å². The van der Waals surface area contributed by atoms with Crippen LogP contribution in [-0.2, 0) is 34.6 Å². The fourth-order valence-electron chi connectivity index (χ4n) is 5.09. The van der Waals surface area contributed by atoms with Gasteiger partial charge in [-0.2, -0.15) is 9.13 Å². The number of pyridine rings is 2. The third-order valence-electron chi connectivity index (χ3n) is 6.88. The number of ether oxygens (including phenoxy) is 1. The zero-order valence-corrected chi connectivity index (χ0v) is 22.2. The first-order valence-corrected chi connectivity index (χ1v) is 13.5. The number of carbonyl (C=O) groups excluding carboxylic acids is 1. The Kier molecular flexibility index (Phi) is 6.31. The number of benzene rings is 4. The molecule has 2 heterocycles. The van der Waals surface area contributed by atoms with Gasteiger partial charge in [0.2, 0.25) is 0 Å². The molecule has 4 aromatic carbocycles. The summed E-state index contributed by atoms with van der Waals surface area (Å²) in [6.07, 6.45) is 9.00. The van der Waals surface area contributed by atoms with E-state index in [1.54, 1.807) is 0 Å². The van der Waals surface area contributed by atoms with Crippen LogP contribution in [0, 0.1) is 0 Å². The quantitative estimate of drug-likeness (QED) is 0.102. The lowest BCUT2D eigenvalue weighted by atomic mass is 9.97. The standard InChI is InChI=1S/C32H27BrN2O2/c1-22(36)37-21-26-8-6-25(7-9-26)16-35-19-29-12-10-27-17-34(15-24-4-2-23(14-33)3-5-24)18-28-11-13-30(20-35)32(29)31(27)28/h2-13,17-20H,14-16,21H2,1H3/q+2. The van der Waals surface area contributed by atoms with E-state index < -0.39 is 0 Å². The Morgan fingerprint density at radius 1 is 0.622 bits per heavy atom. The fraction of sp³-hybridized carbons (Fsp3) is 0.156. The summed E-state index contributed by atoms with van der Waals surface area (Å²) in [6, 6.07) is 26.0. The zero-order chi connectivity index (χ0) is 25.4. The maximum atomic E-state index is 11.1. The first-order valence-electron chi connectivity index (χ1n) is 12.4. The second-order valence-electron chi connectivity index (χ2n) is 9.65. The van der Waals surface area contributed by atoms with Gasteiger partial charge in [0, 0.05) is 55.7 Å². The lowest BCUT2D eigenvalue weighted by molar-refractivity contribution is -0.686. The number of alkyl halides is 1. The summed E-state index contributed by atoms with van der Waals surface area (Å²) in [4.78, 5) is 11.1. The molecule has 0 bridgehead atoms. The Morgan fingerprint density at radius 3 is 1.38 bits per heavy atom. The fourth-order valence-corrected chi connectivity index (χ4v) is 5.46. The third kappa shape index (κ3) is 4.92. The number of hydrogen-bond donors (Lipinski definition) is 0. The molecule has 0 amide bonds.